The fourth-order valence-corrected chi connectivity index (χ4v) is 2.78. The summed E-state index contributed by atoms with van der Waals surface area (Å²) in [6, 6.07) is 14.7. The van der Waals surface area contributed by atoms with Crippen molar-refractivity contribution in [3.8, 4) is 6.07 Å². The largest absolute Gasteiger partial charge is 0.432 e. The molecule has 9 heteroatoms. The zero-order chi connectivity index (χ0) is 21.7. The normalized spacial score (nSPS) is 11.9. The average Bonchev–Trinajstić information content (AvgIpc) is 2.73. The molecule has 2 aromatic carbocycles. The Bertz CT molecular complexity index is 1190. The minimum absolute atomic E-state index is 0.0325. The summed E-state index contributed by atoms with van der Waals surface area (Å²) >= 11 is 0. The van der Waals surface area contributed by atoms with Crippen molar-refractivity contribution in [1.29, 1.82) is 10.7 Å². The summed E-state index contributed by atoms with van der Waals surface area (Å²) in [6.45, 7) is 0. The number of alkyl halides is 3. The average molecular weight is 409 g/mol. The third-order valence-electron chi connectivity index (χ3n) is 4.12. The molecule has 0 fully saturated rings. The minimum Gasteiger partial charge on any atom is -0.350 e. The number of hydrogen-bond acceptors (Lipinski definition) is 5. The second-order valence-electron chi connectivity index (χ2n) is 6.11. The van der Waals surface area contributed by atoms with Gasteiger partial charge in [-0.1, -0.05) is 36.4 Å². The van der Waals surface area contributed by atoms with Gasteiger partial charge in [0, 0.05) is 23.5 Å². The quantitative estimate of drug-likeness (QED) is 0.423. The summed E-state index contributed by atoms with van der Waals surface area (Å²) in [5.41, 5.74) is -2.00. The molecule has 6 nitrogen and oxygen atoms in total. The number of nitrogens with zero attached hydrogens (tertiary/aromatic N) is 2. The van der Waals surface area contributed by atoms with E-state index >= 15 is 0 Å². The first kappa shape index (κ1) is 20.5. The summed E-state index contributed by atoms with van der Waals surface area (Å²) in [7, 11) is 0. The van der Waals surface area contributed by atoms with Gasteiger partial charge in [-0.3, -0.25) is 9.78 Å². The number of rotatable bonds is 5. The summed E-state index contributed by atoms with van der Waals surface area (Å²) < 4.78 is 41.4. The summed E-state index contributed by atoms with van der Waals surface area (Å²) in [5, 5.41) is 22.1. The van der Waals surface area contributed by atoms with Crippen LogP contribution >= 0.6 is 0 Å². The number of carbonyl (C=O) groups excluding carboxylic acids is 1. The number of halogens is 3. The highest BCUT2D eigenvalue weighted by atomic mass is 19.4. The molecule has 1 heterocycles. The van der Waals surface area contributed by atoms with Gasteiger partial charge in [0.15, 0.2) is 0 Å². The maximum absolute atomic E-state index is 13.8. The van der Waals surface area contributed by atoms with Crippen molar-refractivity contribution in [2.45, 2.75) is 6.18 Å². The van der Waals surface area contributed by atoms with E-state index in [0.717, 1.165) is 0 Å². The summed E-state index contributed by atoms with van der Waals surface area (Å²) in [4.78, 5) is 16.3. The number of aromatic nitrogens is 1. The van der Waals surface area contributed by atoms with Gasteiger partial charge in [0.05, 0.1) is 23.0 Å². The van der Waals surface area contributed by atoms with Crippen LogP contribution in [0.2, 0.25) is 0 Å². The van der Waals surface area contributed by atoms with Crippen LogP contribution < -0.4 is 10.6 Å². The van der Waals surface area contributed by atoms with E-state index in [1.807, 2.05) is 6.07 Å². The van der Waals surface area contributed by atoms with Gasteiger partial charge in [-0.2, -0.15) is 18.4 Å². The van der Waals surface area contributed by atoms with Crippen LogP contribution in [-0.4, -0.2) is 23.3 Å². The van der Waals surface area contributed by atoms with Gasteiger partial charge >= 0.3 is 6.18 Å². The Morgan fingerprint density at radius 1 is 1.10 bits per heavy atom. The maximum Gasteiger partial charge on any atom is 0.432 e. The Labute approximate surface area is 169 Å². The number of fused-ring (bicyclic) bond motifs is 1. The SMILES string of the molecule is N#Cc1cncc(NC(=O)/C(C=N)=C(/Nc2cccc3ccccc23)C(F)(F)F)c1. The molecule has 0 aliphatic heterocycles. The van der Waals surface area contributed by atoms with Crippen LogP contribution in [-0.2, 0) is 4.79 Å². The Morgan fingerprint density at radius 2 is 1.83 bits per heavy atom. The Kier molecular flexibility index (Phi) is 5.78. The predicted octanol–water partition coefficient (Wildman–Crippen LogP) is 4.62. The van der Waals surface area contributed by atoms with E-state index in [1.165, 1.54) is 24.5 Å². The molecule has 0 radical (unpaired) electrons. The van der Waals surface area contributed by atoms with E-state index in [1.54, 1.807) is 36.4 Å². The molecule has 0 aliphatic rings. The van der Waals surface area contributed by atoms with Crippen LogP contribution in [0.5, 0.6) is 0 Å². The predicted molar refractivity (Wildman–Crippen MR) is 107 cm³/mol. The third-order valence-corrected chi connectivity index (χ3v) is 4.12. The number of pyridine rings is 1. The number of anilines is 2. The number of nitrogens with one attached hydrogen (secondary N) is 3. The van der Waals surface area contributed by atoms with E-state index < -0.39 is 23.4 Å². The van der Waals surface area contributed by atoms with E-state index in [-0.39, 0.29) is 16.9 Å². The molecule has 0 spiro atoms. The first-order valence-corrected chi connectivity index (χ1v) is 8.56. The molecule has 0 unspecified atom stereocenters. The van der Waals surface area contributed by atoms with Gasteiger partial charge in [0.2, 0.25) is 0 Å². The zero-order valence-electron chi connectivity index (χ0n) is 15.3. The van der Waals surface area contributed by atoms with Crippen molar-refractivity contribution < 1.29 is 18.0 Å². The molecule has 30 heavy (non-hydrogen) atoms. The van der Waals surface area contributed by atoms with Crippen LogP contribution in [0.1, 0.15) is 5.56 Å². The molecule has 0 aliphatic carbocycles. The van der Waals surface area contributed by atoms with Gasteiger partial charge in [0.25, 0.3) is 5.91 Å². The third kappa shape index (κ3) is 4.44. The number of allylic oxidation sites excluding steroid dienone is 1. The van der Waals surface area contributed by atoms with Crippen LogP contribution in [0.4, 0.5) is 24.5 Å². The molecular formula is C21H14F3N5O. The first-order valence-electron chi connectivity index (χ1n) is 8.56. The van der Waals surface area contributed by atoms with Crippen molar-refractivity contribution in [2.75, 3.05) is 10.6 Å². The Morgan fingerprint density at radius 3 is 2.53 bits per heavy atom. The highest BCUT2D eigenvalue weighted by Gasteiger charge is 2.38. The van der Waals surface area contributed by atoms with Crippen LogP contribution in [0.15, 0.2) is 72.2 Å². The van der Waals surface area contributed by atoms with Gasteiger partial charge < -0.3 is 16.0 Å². The van der Waals surface area contributed by atoms with Crippen molar-refractivity contribution in [3.05, 3.63) is 77.8 Å². The monoisotopic (exact) mass is 409 g/mol. The molecular weight excluding hydrogens is 395 g/mol. The van der Waals surface area contributed by atoms with Crippen molar-refractivity contribution in [1.82, 2.24) is 4.98 Å². The van der Waals surface area contributed by atoms with Crippen LogP contribution in [0, 0.1) is 16.7 Å². The standard InChI is InChI=1S/C21H14F3N5O/c22-21(23,24)19(29-18-7-3-5-14-4-1-2-6-16(14)18)17(10-26)20(30)28-15-8-13(9-25)11-27-12-15/h1-8,10-12,26,29H,(H,28,30)/b19-17+,26-10?. The van der Waals surface area contributed by atoms with E-state index in [0.29, 0.717) is 17.0 Å². The number of amides is 1. The molecule has 0 bridgehead atoms. The topological polar surface area (TPSA) is 102 Å². The Hall–Kier alpha value is -4.19. The Balaban J connectivity index is 2.03. The molecule has 150 valence electrons. The molecule has 1 aromatic heterocycles. The van der Waals surface area contributed by atoms with Crippen molar-refractivity contribution in [3.63, 3.8) is 0 Å². The number of nitriles is 1. The van der Waals surface area contributed by atoms with Crippen LogP contribution in [0.3, 0.4) is 0 Å². The summed E-state index contributed by atoms with van der Waals surface area (Å²) in [6.07, 6.45) is -2.18. The van der Waals surface area contributed by atoms with E-state index in [9.17, 15) is 18.0 Å². The van der Waals surface area contributed by atoms with Gasteiger partial charge in [0.1, 0.15) is 11.8 Å². The molecule has 0 saturated heterocycles. The minimum atomic E-state index is -4.94. The van der Waals surface area contributed by atoms with Gasteiger partial charge in [-0.05, 0) is 17.5 Å². The number of hydrogen-bond donors (Lipinski definition) is 3. The fraction of sp³-hybridized carbons (Fsp3) is 0.0476. The second-order valence-corrected chi connectivity index (χ2v) is 6.11. The van der Waals surface area contributed by atoms with E-state index in [2.05, 4.69) is 15.6 Å². The van der Waals surface area contributed by atoms with Gasteiger partial charge in [-0.15, -0.1) is 0 Å². The highest BCUT2D eigenvalue weighted by molar-refractivity contribution is 6.18. The molecule has 1 amide bonds. The van der Waals surface area contributed by atoms with Crippen molar-refractivity contribution >= 4 is 34.3 Å². The lowest BCUT2D eigenvalue weighted by Crippen LogP contribution is -2.27. The highest BCUT2D eigenvalue weighted by Crippen LogP contribution is 2.32. The first-order chi connectivity index (χ1) is 14.3. The zero-order valence-corrected chi connectivity index (χ0v) is 15.3. The molecule has 3 aromatic rings. The summed E-state index contributed by atoms with van der Waals surface area (Å²) in [5.74, 6) is -1.16. The lowest BCUT2D eigenvalue weighted by atomic mass is 10.1. The van der Waals surface area contributed by atoms with Gasteiger partial charge in [-0.25, -0.2) is 0 Å². The van der Waals surface area contributed by atoms with Crippen LogP contribution in [0.25, 0.3) is 10.8 Å². The smallest absolute Gasteiger partial charge is 0.350 e. The molecule has 3 rings (SSSR count). The number of carbonyl (C=O) groups is 1. The molecule has 0 atom stereocenters. The van der Waals surface area contributed by atoms with E-state index in [4.69, 9.17) is 10.7 Å². The molecule has 3 N–H and O–H groups in total. The lowest BCUT2D eigenvalue weighted by molar-refractivity contribution is -0.114. The maximum atomic E-state index is 13.8. The second kappa shape index (κ2) is 8.45. The molecule has 0 saturated carbocycles. The fourth-order valence-electron chi connectivity index (χ4n) is 2.78. The number of benzene rings is 2. The van der Waals surface area contributed by atoms with Crippen molar-refractivity contribution in [2.24, 2.45) is 0 Å². The lowest BCUT2D eigenvalue weighted by Gasteiger charge is -2.18.